The summed E-state index contributed by atoms with van der Waals surface area (Å²) in [7, 11) is 1.56. The lowest BCUT2D eigenvalue weighted by molar-refractivity contribution is -0.135. The largest absolute Gasteiger partial charge is 0.497 e. The van der Waals surface area contributed by atoms with Crippen LogP contribution in [0.2, 0.25) is 0 Å². The zero-order valence-electron chi connectivity index (χ0n) is 13.4. The number of benzene rings is 2. The molecule has 0 fully saturated rings. The minimum Gasteiger partial charge on any atom is -0.497 e. The van der Waals surface area contributed by atoms with E-state index in [1.54, 1.807) is 50.4 Å². The monoisotopic (exact) mass is 328 g/mol. The Balaban J connectivity index is 1.72. The maximum absolute atomic E-state index is 13.3. The molecule has 1 atom stereocenters. The van der Waals surface area contributed by atoms with E-state index in [0.29, 0.717) is 22.7 Å². The molecule has 124 valence electrons. The molecule has 1 heterocycles. The summed E-state index contributed by atoms with van der Waals surface area (Å²) in [6.45, 7) is 1.65. The van der Waals surface area contributed by atoms with Gasteiger partial charge < -0.3 is 14.9 Å². The Morgan fingerprint density at radius 3 is 2.83 bits per heavy atom. The first-order valence-corrected chi connectivity index (χ1v) is 7.47. The first-order chi connectivity index (χ1) is 11.5. The highest BCUT2D eigenvalue weighted by Gasteiger charge is 2.42. The van der Waals surface area contributed by atoms with Crippen molar-refractivity contribution < 1.29 is 18.8 Å². The molecular formula is C18H17FN2O3. The topological polar surface area (TPSA) is 59.9 Å². The highest BCUT2D eigenvalue weighted by Crippen LogP contribution is 2.28. The van der Waals surface area contributed by atoms with Gasteiger partial charge in [0.25, 0.3) is 5.91 Å². The van der Waals surface area contributed by atoms with Crippen molar-refractivity contribution >= 4 is 17.3 Å². The van der Waals surface area contributed by atoms with E-state index in [-0.39, 0.29) is 18.1 Å². The van der Waals surface area contributed by atoms with Crippen LogP contribution in [0.5, 0.6) is 5.75 Å². The van der Waals surface area contributed by atoms with Gasteiger partial charge in [0.15, 0.2) is 0 Å². The number of carbonyl (C=O) groups is 1. The van der Waals surface area contributed by atoms with Crippen molar-refractivity contribution in [2.45, 2.75) is 18.9 Å². The molecule has 0 aliphatic carbocycles. The summed E-state index contributed by atoms with van der Waals surface area (Å²) in [5, 5.41) is 6.75. The van der Waals surface area contributed by atoms with Gasteiger partial charge in [0.1, 0.15) is 11.6 Å². The molecule has 1 aliphatic heterocycles. The molecule has 1 N–H and O–H groups in total. The third kappa shape index (κ3) is 3.22. The fraction of sp³-hybridized carbons (Fsp3) is 0.222. The van der Waals surface area contributed by atoms with Crippen LogP contribution in [-0.4, -0.2) is 24.3 Å². The van der Waals surface area contributed by atoms with Crippen LogP contribution in [0.25, 0.3) is 0 Å². The number of nitrogens with zero attached hydrogens (tertiary/aromatic N) is 1. The SMILES string of the molecule is COc1cccc(NC(=O)[C@]2(C)CC(c3cccc(F)c3)=NO2)c1. The third-order valence-corrected chi connectivity index (χ3v) is 3.83. The minimum atomic E-state index is -1.15. The van der Waals surface area contributed by atoms with Crippen LogP contribution < -0.4 is 10.1 Å². The zero-order valence-corrected chi connectivity index (χ0v) is 13.4. The summed E-state index contributed by atoms with van der Waals surface area (Å²) in [5.41, 5.74) is 0.596. The highest BCUT2D eigenvalue weighted by atomic mass is 19.1. The minimum absolute atomic E-state index is 0.256. The van der Waals surface area contributed by atoms with E-state index >= 15 is 0 Å². The third-order valence-electron chi connectivity index (χ3n) is 3.83. The Morgan fingerprint density at radius 2 is 2.08 bits per heavy atom. The molecule has 0 spiro atoms. The molecule has 5 nitrogen and oxygen atoms in total. The van der Waals surface area contributed by atoms with Gasteiger partial charge in [0.05, 0.1) is 12.8 Å². The summed E-state index contributed by atoms with van der Waals surface area (Å²) >= 11 is 0. The maximum atomic E-state index is 13.3. The predicted octanol–water partition coefficient (Wildman–Crippen LogP) is 3.36. The number of methoxy groups -OCH3 is 1. The highest BCUT2D eigenvalue weighted by molar-refractivity contribution is 6.07. The number of halogens is 1. The normalized spacial score (nSPS) is 19.4. The van der Waals surface area contributed by atoms with Crippen molar-refractivity contribution in [3.05, 3.63) is 59.9 Å². The van der Waals surface area contributed by atoms with E-state index in [0.717, 1.165) is 0 Å². The van der Waals surface area contributed by atoms with Crippen molar-refractivity contribution in [2.24, 2.45) is 5.16 Å². The predicted molar refractivity (Wildman–Crippen MR) is 88.7 cm³/mol. The molecule has 2 aromatic rings. The Bertz CT molecular complexity index is 806. The van der Waals surface area contributed by atoms with Crippen LogP contribution in [-0.2, 0) is 9.63 Å². The number of oxime groups is 1. The van der Waals surface area contributed by atoms with Gasteiger partial charge in [0.2, 0.25) is 5.60 Å². The van der Waals surface area contributed by atoms with Crippen LogP contribution >= 0.6 is 0 Å². The smallest absolute Gasteiger partial charge is 0.271 e. The fourth-order valence-electron chi connectivity index (χ4n) is 2.45. The number of amides is 1. The van der Waals surface area contributed by atoms with Crippen molar-refractivity contribution in [1.29, 1.82) is 0 Å². The quantitative estimate of drug-likeness (QED) is 0.936. The van der Waals surface area contributed by atoms with Gasteiger partial charge in [-0.2, -0.15) is 0 Å². The van der Waals surface area contributed by atoms with Gasteiger partial charge in [0, 0.05) is 23.7 Å². The second-order valence-corrected chi connectivity index (χ2v) is 5.73. The number of ether oxygens (including phenoxy) is 1. The summed E-state index contributed by atoms with van der Waals surface area (Å²) in [6, 6.07) is 13.1. The Hall–Kier alpha value is -2.89. The average Bonchev–Trinajstić information content (AvgIpc) is 2.99. The van der Waals surface area contributed by atoms with Crippen molar-refractivity contribution in [3.8, 4) is 5.75 Å². The van der Waals surface area contributed by atoms with Gasteiger partial charge in [-0.05, 0) is 31.2 Å². The van der Waals surface area contributed by atoms with Crippen molar-refractivity contribution in [1.82, 2.24) is 0 Å². The molecule has 0 aromatic heterocycles. The molecule has 1 aliphatic rings. The molecular weight excluding hydrogens is 311 g/mol. The summed E-state index contributed by atoms with van der Waals surface area (Å²) < 4.78 is 18.5. The van der Waals surface area contributed by atoms with Crippen LogP contribution in [0.1, 0.15) is 18.9 Å². The van der Waals surface area contributed by atoms with Crippen LogP contribution in [0.4, 0.5) is 10.1 Å². The standard InChI is InChI=1S/C18H17FN2O3/c1-18(17(22)20-14-7-4-8-15(10-14)23-2)11-16(21-24-18)12-5-3-6-13(19)9-12/h3-10H,11H2,1-2H3,(H,20,22)/t18-/m0/s1. The molecule has 1 amide bonds. The summed E-state index contributed by atoms with van der Waals surface area (Å²) in [5.74, 6) is -0.0439. The molecule has 0 saturated heterocycles. The molecule has 0 bridgehead atoms. The van der Waals surface area contributed by atoms with Gasteiger partial charge >= 0.3 is 0 Å². The van der Waals surface area contributed by atoms with Crippen molar-refractivity contribution in [2.75, 3.05) is 12.4 Å². The van der Waals surface area contributed by atoms with Crippen LogP contribution in [0.3, 0.4) is 0 Å². The molecule has 0 radical (unpaired) electrons. The van der Waals surface area contributed by atoms with E-state index < -0.39 is 5.60 Å². The Labute approximate surface area is 139 Å². The zero-order chi connectivity index (χ0) is 17.2. The van der Waals surface area contributed by atoms with Gasteiger partial charge in [-0.15, -0.1) is 0 Å². The fourth-order valence-corrected chi connectivity index (χ4v) is 2.45. The van der Waals surface area contributed by atoms with Gasteiger partial charge in [-0.3, -0.25) is 4.79 Å². The van der Waals surface area contributed by atoms with Crippen LogP contribution in [0.15, 0.2) is 53.7 Å². The second kappa shape index (κ2) is 6.31. The van der Waals surface area contributed by atoms with Gasteiger partial charge in [-0.1, -0.05) is 23.4 Å². The lowest BCUT2D eigenvalue weighted by atomic mass is 9.95. The van der Waals surface area contributed by atoms with Crippen molar-refractivity contribution in [3.63, 3.8) is 0 Å². The molecule has 0 unspecified atom stereocenters. The summed E-state index contributed by atoms with van der Waals surface area (Å²) in [6.07, 6.45) is 0.256. The lowest BCUT2D eigenvalue weighted by Gasteiger charge is -2.20. The molecule has 3 rings (SSSR count). The Kier molecular flexibility index (Phi) is 4.20. The summed E-state index contributed by atoms with van der Waals surface area (Å²) in [4.78, 5) is 17.9. The van der Waals surface area contributed by atoms with E-state index in [4.69, 9.17) is 9.57 Å². The maximum Gasteiger partial charge on any atom is 0.271 e. The van der Waals surface area contributed by atoms with E-state index in [1.165, 1.54) is 12.1 Å². The van der Waals surface area contributed by atoms with E-state index in [2.05, 4.69) is 10.5 Å². The second-order valence-electron chi connectivity index (χ2n) is 5.73. The molecule has 24 heavy (non-hydrogen) atoms. The number of anilines is 1. The van der Waals surface area contributed by atoms with E-state index in [1.807, 2.05) is 0 Å². The Morgan fingerprint density at radius 1 is 1.29 bits per heavy atom. The number of hydrogen-bond donors (Lipinski definition) is 1. The average molecular weight is 328 g/mol. The number of rotatable bonds is 4. The van der Waals surface area contributed by atoms with Crippen LogP contribution in [0, 0.1) is 5.82 Å². The lowest BCUT2D eigenvalue weighted by Crippen LogP contribution is -2.40. The van der Waals surface area contributed by atoms with E-state index in [9.17, 15) is 9.18 Å². The van der Waals surface area contributed by atoms with Gasteiger partial charge in [-0.25, -0.2) is 4.39 Å². The molecule has 0 saturated carbocycles. The molecule has 2 aromatic carbocycles. The number of hydrogen-bond acceptors (Lipinski definition) is 4. The number of nitrogens with one attached hydrogen (secondary N) is 1. The first kappa shape index (κ1) is 16.0. The first-order valence-electron chi connectivity index (χ1n) is 7.47. The number of carbonyl (C=O) groups excluding carboxylic acids is 1. The molecule has 6 heteroatoms.